The van der Waals surface area contributed by atoms with Crippen molar-refractivity contribution in [1.29, 1.82) is 0 Å². The van der Waals surface area contributed by atoms with Gasteiger partial charge in [-0.1, -0.05) is 17.8 Å². The molecule has 5 heteroatoms. The normalized spacial score (nSPS) is 10.7. The standard InChI is InChI=1S/C14H19NO3S/c1-4-5-6-7-11(2)13(17)10-14(18)19-9-8-15-12(3)16/h1,7H,5-6,8-10H2,2-3H3,(H,15,16). The molecule has 0 aliphatic heterocycles. The lowest BCUT2D eigenvalue weighted by Gasteiger charge is -2.02. The first-order valence-electron chi connectivity index (χ1n) is 6.00. The summed E-state index contributed by atoms with van der Waals surface area (Å²) in [4.78, 5) is 33.8. The summed E-state index contributed by atoms with van der Waals surface area (Å²) < 4.78 is 0. The first kappa shape index (κ1) is 17.5. The van der Waals surface area contributed by atoms with Crippen molar-refractivity contribution >= 4 is 28.6 Å². The molecule has 0 aromatic carbocycles. The predicted molar refractivity (Wildman–Crippen MR) is 77.6 cm³/mol. The smallest absolute Gasteiger partial charge is 0.216 e. The van der Waals surface area contributed by atoms with Crippen molar-refractivity contribution in [1.82, 2.24) is 5.32 Å². The summed E-state index contributed by atoms with van der Waals surface area (Å²) in [6, 6.07) is 0. The molecular weight excluding hydrogens is 262 g/mol. The van der Waals surface area contributed by atoms with Crippen molar-refractivity contribution in [2.45, 2.75) is 33.1 Å². The molecule has 4 nitrogen and oxygen atoms in total. The molecular formula is C14H19NO3S. The highest BCUT2D eigenvalue weighted by Gasteiger charge is 2.11. The average molecular weight is 281 g/mol. The third kappa shape index (κ3) is 10.1. The Kier molecular flexibility index (Phi) is 9.55. The summed E-state index contributed by atoms with van der Waals surface area (Å²) in [7, 11) is 0. The zero-order chi connectivity index (χ0) is 14.7. The molecule has 0 saturated carbocycles. The summed E-state index contributed by atoms with van der Waals surface area (Å²) in [5, 5.41) is 2.40. The van der Waals surface area contributed by atoms with E-state index in [1.54, 1.807) is 13.0 Å². The lowest BCUT2D eigenvalue weighted by molar-refractivity contribution is -0.121. The fourth-order valence-electron chi connectivity index (χ4n) is 1.20. The minimum absolute atomic E-state index is 0.108. The summed E-state index contributed by atoms with van der Waals surface area (Å²) >= 11 is 1.06. The maximum atomic E-state index is 11.7. The number of rotatable bonds is 8. The minimum atomic E-state index is -0.181. The van der Waals surface area contributed by atoms with E-state index in [-0.39, 0.29) is 23.2 Å². The third-order valence-electron chi connectivity index (χ3n) is 2.22. The quantitative estimate of drug-likeness (QED) is 0.318. The number of ketones is 1. The third-order valence-corrected chi connectivity index (χ3v) is 3.10. The number of nitrogens with one attached hydrogen (secondary N) is 1. The average Bonchev–Trinajstić information content (AvgIpc) is 2.34. The van der Waals surface area contributed by atoms with Crippen molar-refractivity contribution in [2.75, 3.05) is 12.3 Å². The van der Waals surface area contributed by atoms with Crippen LogP contribution in [0.5, 0.6) is 0 Å². The molecule has 0 aromatic rings. The molecule has 0 heterocycles. The predicted octanol–water partition coefficient (Wildman–Crippen LogP) is 1.70. The van der Waals surface area contributed by atoms with Gasteiger partial charge in [0.25, 0.3) is 0 Å². The van der Waals surface area contributed by atoms with E-state index in [4.69, 9.17) is 6.42 Å². The van der Waals surface area contributed by atoms with Crippen LogP contribution in [0.2, 0.25) is 0 Å². The van der Waals surface area contributed by atoms with Gasteiger partial charge in [-0.15, -0.1) is 12.3 Å². The molecule has 104 valence electrons. The molecule has 1 amide bonds. The molecule has 0 fully saturated rings. The molecule has 0 aromatic heterocycles. The number of terminal acetylenes is 1. The maximum Gasteiger partial charge on any atom is 0.216 e. The number of carbonyl (C=O) groups is 3. The highest BCUT2D eigenvalue weighted by atomic mass is 32.2. The van der Waals surface area contributed by atoms with E-state index in [1.807, 2.05) is 0 Å². The lowest BCUT2D eigenvalue weighted by atomic mass is 10.1. The largest absolute Gasteiger partial charge is 0.356 e. The summed E-state index contributed by atoms with van der Waals surface area (Å²) in [6.45, 7) is 3.53. The van der Waals surface area contributed by atoms with Crippen LogP contribution in [0, 0.1) is 12.3 Å². The Balaban J connectivity index is 3.92. The van der Waals surface area contributed by atoms with Crippen LogP contribution in [-0.4, -0.2) is 29.1 Å². The lowest BCUT2D eigenvalue weighted by Crippen LogP contribution is -2.23. The first-order valence-corrected chi connectivity index (χ1v) is 6.99. The number of thioether (sulfide) groups is 1. The number of Topliss-reactive ketones (excluding diaryl/α,β-unsaturated/α-hetero) is 1. The Labute approximate surface area is 118 Å². The van der Waals surface area contributed by atoms with Gasteiger partial charge in [-0.2, -0.15) is 0 Å². The van der Waals surface area contributed by atoms with Crippen LogP contribution in [0.3, 0.4) is 0 Å². The van der Waals surface area contributed by atoms with Crippen molar-refractivity contribution in [2.24, 2.45) is 0 Å². The Bertz CT molecular complexity index is 407. The van der Waals surface area contributed by atoms with Crippen LogP contribution in [0.4, 0.5) is 0 Å². The zero-order valence-corrected chi connectivity index (χ0v) is 12.1. The zero-order valence-electron chi connectivity index (χ0n) is 11.3. The summed E-state index contributed by atoms with van der Waals surface area (Å²) in [5.74, 6) is 2.66. The van der Waals surface area contributed by atoms with Gasteiger partial charge in [-0.05, 0) is 18.9 Å². The Morgan fingerprint density at radius 3 is 2.58 bits per heavy atom. The van der Waals surface area contributed by atoms with Gasteiger partial charge in [0, 0.05) is 25.6 Å². The number of amides is 1. The van der Waals surface area contributed by atoms with E-state index in [2.05, 4.69) is 11.2 Å². The summed E-state index contributed by atoms with van der Waals surface area (Å²) in [5.41, 5.74) is 0.575. The summed E-state index contributed by atoms with van der Waals surface area (Å²) in [6.07, 6.45) is 8.00. The van der Waals surface area contributed by atoms with Crippen LogP contribution in [0.25, 0.3) is 0 Å². The van der Waals surface area contributed by atoms with E-state index < -0.39 is 0 Å². The molecule has 0 bridgehead atoms. The second-order valence-corrected chi connectivity index (χ2v) is 5.09. The fraction of sp³-hybridized carbons (Fsp3) is 0.500. The Morgan fingerprint density at radius 1 is 1.32 bits per heavy atom. The molecule has 0 aliphatic carbocycles. The van der Waals surface area contributed by atoms with Gasteiger partial charge in [-0.3, -0.25) is 14.4 Å². The van der Waals surface area contributed by atoms with Gasteiger partial charge in [0.1, 0.15) is 0 Å². The Hall–Kier alpha value is -1.54. The second kappa shape index (κ2) is 10.4. The van der Waals surface area contributed by atoms with Crippen molar-refractivity contribution in [3.05, 3.63) is 11.6 Å². The highest BCUT2D eigenvalue weighted by molar-refractivity contribution is 8.13. The van der Waals surface area contributed by atoms with Crippen LogP contribution in [0.1, 0.15) is 33.1 Å². The molecule has 0 atom stereocenters. The number of hydrogen-bond donors (Lipinski definition) is 1. The van der Waals surface area contributed by atoms with Gasteiger partial charge < -0.3 is 5.32 Å². The second-order valence-electron chi connectivity index (χ2n) is 3.93. The van der Waals surface area contributed by atoms with E-state index in [0.717, 1.165) is 11.8 Å². The van der Waals surface area contributed by atoms with E-state index >= 15 is 0 Å². The first-order chi connectivity index (χ1) is 8.97. The molecule has 19 heavy (non-hydrogen) atoms. The van der Waals surface area contributed by atoms with Crippen molar-refractivity contribution in [3.8, 4) is 12.3 Å². The van der Waals surface area contributed by atoms with Gasteiger partial charge >= 0.3 is 0 Å². The number of unbranched alkanes of at least 4 members (excludes halogenated alkanes) is 1. The fourth-order valence-corrected chi connectivity index (χ4v) is 1.86. The molecule has 0 radical (unpaired) electrons. The molecule has 0 aliphatic rings. The van der Waals surface area contributed by atoms with E-state index in [0.29, 0.717) is 30.7 Å². The van der Waals surface area contributed by atoms with Crippen LogP contribution in [0.15, 0.2) is 11.6 Å². The van der Waals surface area contributed by atoms with Gasteiger partial charge in [0.05, 0.1) is 6.42 Å². The van der Waals surface area contributed by atoms with Crippen LogP contribution in [-0.2, 0) is 14.4 Å². The molecule has 1 N–H and O–H groups in total. The molecule has 0 spiro atoms. The van der Waals surface area contributed by atoms with E-state index in [9.17, 15) is 14.4 Å². The van der Waals surface area contributed by atoms with Crippen LogP contribution < -0.4 is 5.32 Å². The minimum Gasteiger partial charge on any atom is -0.356 e. The highest BCUT2D eigenvalue weighted by Crippen LogP contribution is 2.09. The van der Waals surface area contributed by atoms with Gasteiger partial charge in [0.2, 0.25) is 5.91 Å². The van der Waals surface area contributed by atoms with E-state index in [1.165, 1.54) is 6.92 Å². The van der Waals surface area contributed by atoms with Gasteiger partial charge in [-0.25, -0.2) is 0 Å². The number of carbonyl (C=O) groups excluding carboxylic acids is 3. The van der Waals surface area contributed by atoms with Crippen LogP contribution >= 0.6 is 11.8 Å². The maximum absolute atomic E-state index is 11.7. The molecule has 0 unspecified atom stereocenters. The van der Waals surface area contributed by atoms with Gasteiger partial charge in [0.15, 0.2) is 10.9 Å². The SMILES string of the molecule is C#CCCC=C(C)C(=O)CC(=O)SCCNC(C)=O. The number of allylic oxidation sites excluding steroid dienone is 2. The monoisotopic (exact) mass is 281 g/mol. The Morgan fingerprint density at radius 2 is 2.00 bits per heavy atom. The van der Waals surface area contributed by atoms with Crippen molar-refractivity contribution < 1.29 is 14.4 Å². The van der Waals surface area contributed by atoms with Crippen molar-refractivity contribution in [3.63, 3.8) is 0 Å². The topological polar surface area (TPSA) is 63.2 Å². The molecule has 0 rings (SSSR count). The molecule has 0 saturated heterocycles. The number of hydrogen-bond acceptors (Lipinski definition) is 4.